The first kappa shape index (κ1) is 19.1. The number of nitrogens with zero attached hydrogens (tertiary/aromatic N) is 5. The lowest BCUT2D eigenvalue weighted by atomic mass is 10.1. The number of carbonyl (C=O) groups is 1. The van der Waals surface area contributed by atoms with Crippen LogP contribution in [-0.2, 0) is 11.3 Å². The van der Waals surface area contributed by atoms with Crippen molar-refractivity contribution < 1.29 is 4.79 Å². The predicted molar refractivity (Wildman–Crippen MR) is 112 cm³/mol. The summed E-state index contributed by atoms with van der Waals surface area (Å²) in [6.07, 6.45) is 1.76. The zero-order valence-electron chi connectivity index (χ0n) is 15.7. The summed E-state index contributed by atoms with van der Waals surface area (Å²) in [5.41, 5.74) is 1.15. The second kappa shape index (κ2) is 8.45. The van der Waals surface area contributed by atoms with Gasteiger partial charge in [0.05, 0.1) is 5.69 Å². The maximum atomic E-state index is 12.7. The minimum Gasteiger partial charge on any atom is -0.353 e. The number of halogens is 1. The van der Waals surface area contributed by atoms with E-state index in [-0.39, 0.29) is 18.0 Å². The van der Waals surface area contributed by atoms with Gasteiger partial charge in [-0.15, -0.1) is 0 Å². The van der Waals surface area contributed by atoms with Crippen LogP contribution in [0.1, 0.15) is 0 Å². The Morgan fingerprint density at radius 3 is 2.41 bits per heavy atom. The molecule has 148 valence electrons. The van der Waals surface area contributed by atoms with Crippen LogP contribution in [0.25, 0.3) is 11.3 Å². The first-order valence-electron chi connectivity index (χ1n) is 9.38. The summed E-state index contributed by atoms with van der Waals surface area (Å²) in [7, 11) is 0. The van der Waals surface area contributed by atoms with Crippen LogP contribution in [0.3, 0.4) is 0 Å². The van der Waals surface area contributed by atoms with Crippen LogP contribution < -0.4 is 10.5 Å². The van der Waals surface area contributed by atoms with E-state index < -0.39 is 0 Å². The van der Waals surface area contributed by atoms with Crippen molar-refractivity contribution in [2.45, 2.75) is 6.54 Å². The standard InChI is InChI=1S/C21H20ClN5O2/c22-17-6-4-16(5-7-17)18-8-9-20(28)27(24-18)15-21(29)26-13-11-25(12-14-26)19-3-1-2-10-23-19/h1-10H,11-15H2. The molecule has 1 aliphatic rings. The van der Waals surface area contributed by atoms with Gasteiger partial charge in [-0.2, -0.15) is 5.10 Å². The van der Waals surface area contributed by atoms with E-state index in [0.29, 0.717) is 36.9 Å². The third-order valence-electron chi connectivity index (χ3n) is 4.90. The van der Waals surface area contributed by atoms with E-state index in [1.807, 2.05) is 30.3 Å². The van der Waals surface area contributed by atoms with Gasteiger partial charge in [0.15, 0.2) is 0 Å². The van der Waals surface area contributed by atoms with Gasteiger partial charge in [-0.25, -0.2) is 9.67 Å². The van der Waals surface area contributed by atoms with Gasteiger partial charge >= 0.3 is 0 Å². The number of pyridine rings is 1. The van der Waals surface area contributed by atoms with Crippen molar-refractivity contribution in [1.29, 1.82) is 0 Å². The normalized spacial score (nSPS) is 14.1. The quantitative estimate of drug-likeness (QED) is 0.661. The number of carbonyl (C=O) groups excluding carboxylic acids is 1. The molecule has 1 amide bonds. The van der Waals surface area contributed by atoms with Gasteiger partial charge in [-0.3, -0.25) is 9.59 Å². The molecule has 1 aromatic carbocycles. The molecule has 8 heteroatoms. The Balaban J connectivity index is 1.43. The Hall–Kier alpha value is -3.19. The highest BCUT2D eigenvalue weighted by Gasteiger charge is 2.22. The smallest absolute Gasteiger partial charge is 0.267 e. The maximum absolute atomic E-state index is 12.7. The van der Waals surface area contributed by atoms with E-state index in [1.54, 1.807) is 29.3 Å². The molecule has 1 saturated heterocycles. The molecule has 1 aliphatic heterocycles. The van der Waals surface area contributed by atoms with Gasteiger partial charge < -0.3 is 9.80 Å². The zero-order chi connectivity index (χ0) is 20.2. The van der Waals surface area contributed by atoms with Crippen LogP contribution >= 0.6 is 11.6 Å². The van der Waals surface area contributed by atoms with Crippen molar-refractivity contribution in [2.75, 3.05) is 31.1 Å². The summed E-state index contributed by atoms with van der Waals surface area (Å²) >= 11 is 5.93. The van der Waals surface area contributed by atoms with Crippen molar-refractivity contribution in [2.24, 2.45) is 0 Å². The summed E-state index contributed by atoms with van der Waals surface area (Å²) in [5, 5.41) is 4.99. The van der Waals surface area contributed by atoms with Crippen molar-refractivity contribution in [1.82, 2.24) is 19.7 Å². The molecule has 0 bridgehead atoms. The Morgan fingerprint density at radius 2 is 1.72 bits per heavy atom. The van der Waals surface area contributed by atoms with Crippen LogP contribution in [0, 0.1) is 0 Å². The molecule has 4 rings (SSSR count). The van der Waals surface area contributed by atoms with E-state index in [9.17, 15) is 9.59 Å². The number of piperazine rings is 1. The number of benzene rings is 1. The molecule has 0 radical (unpaired) electrons. The molecule has 0 saturated carbocycles. The molecule has 0 spiro atoms. The third-order valence-corrected chi connectivity index (χ3v) is 5.15. The number of hydrogen-bond donors (Lipinski definition) is 0. The van der Waals surface area contributed by atoms with Crippen molar-refractivity contribution in [3.63, 3.8) is 0 Å². The van der Waals surface area contributed by atoms with E-state index in [1.165, 1.54) is 10.7 Å². The van der Waals surface area contributed by atoms with Crippen LogP contribution in [0.5, 0.6) is 0 Å². The molecule has 7 nitrogen and oxygen atoms in total. The van der Waals surface area contributed by atoms with E-state index in [2.05, 4.69) is 15.0 Å². The van der Waals surface area contributed by atoms with Gasteiger partial charge in [0, 0.05) is 49.0 Å². The largest absolute Gasteiger partial charge is 0.353 e. The molecule has 0 atom stereocenters. The lowest BCUT2D eigenvalue weighted by Gasteiger charge is -2.35. The first-order valence-corrected chi connectivity index (χ1v) is 9.76. The topological polar surface area (TPSA) is 71.3 Å². The van der Waals surface area contributed by atoms with Crippen LogP contribution in [0.15, 0.2) is 65.6 Å². The lowest BCUT2D eigenvalue weighted by molar-refractivity contribution is -0.132. The minimum atomic E-state index is -0.303. The highest BCUT2D eigenvalue weighted by molar-refractivity contribution is 6.30. The van der Waals surface area contributed by atoms with Gasteiger partial charge in [0.1, 0.15) is 12.4 Å². The summed E-state index contributed by atoms with van der Waals surface area (Å²) in [4.78, 5) is 33.2. The highest BCUT2D eigenvalue weighted by atomic mass is 35.5. The Bertz CT molecular complexity index is 1040. The molecular formula is C21H20ClN5O2. The Kier molecular flexibility index (Phi) is 5.57. The van der Waals surface area contributed by atoms with E-state index in [4.69, 9.17) is 11.6 Å². The maximum Gasteiger partial charge on any atom is 0.267 e. The van der Waals surface area contributed by atoms with Crippen LogP contribution in [0.2, 0.25) is 5.02 Å². The predicted octanol–water partition coefficient (Wildman–Crippen LogP) is 2.31. The molecule has 3 heterocycles. The second-order valence-electron chi connectivity index (χ2n) is 6.78. The average molecular weight is 410 g/mol. The van der Waals surface area contributed by atoms with Gasteiger partial charge in [0.2, 0.25) is 5.91 Å². The molecule has 3 aromatic rings. The second-order valence-corrected chi connectivity index (χ2v) is 7.21. The summed E-state index contributed by atoms with van der Waals surface area (Å²) < 4.78 is 1.22. The van der Waals surface area contributed by atoms with Crippen LogP contribution in [-0.4, -0.2) is 51.8 Å². The molecule has 2 aromatic heterocycles. The van der Waals surface area contributed by atoms with Crippen molar-refractivity contribution >= 4 is 23.3 Å². The Morgan fingerprint density at radius 1 is 0.966 bits per heavy atom. The molecular weight excluding hydrogens is 390 g/mol. The third kappa shape index (κ3) is 4.46. The number of rotatable bonds is 4. The van der Waals surface area contributed by atoms with Crippen molar-refractivity contribution in [3.05, 3.63) is 76.2 Å². The molecule has 29 heavy (non-hydrogen) atoms. The molecule has 1 fully saturated rings. The molecule has 0 N–H and O–H groups in total. The SMILES string of the molecule is O=C(Cn1nc(-c2ccc(Cl)cc2)ccc1=O)N1CCN(c2ccccn2)CC1. The average Bonchev–Trinajstić information content (AvgIpc) is 2.76. The van der Waals surface area contributed by atoms with E-state index in [0.717, 1.165) is 11.4 Å². The number of hydrogen-bond acceptors (Lipinski definition) is 5. The fraction of sp³-hybridized carbons (Fsp3) is 0.238. The summed E-state index contributed by atoms with van der Waals surface area (Å²) in [6.45, 7) is 2.50. The fourth-order valence-electron chi connectivity index (χ4n) is 3.29. The number of amides is 1. The Labute approximate surface area is 173 Å². The summed E-state index contributed by atoms with van der Waals surface area (Å²) in [6, 6.07) is 16.1. The van der Waals surface area contributed by atoms with Crippen molar-refractivity contribution in [3.8, 4) is 11.3 Å². The summed E-state index contributed by atoms with van der Waals surface area (Å²) in [5.74, 6) is 0.793. The first-order chi connectivity index (χ1) is 14.1. The fourth-order valence-corrected chi connectivity index (χ4v) is 3.42. The molecule has 0 aliphatic carbocycles. The van der Waals surface area contributed by atoms with Gasteiger partial charge in [-0.05, 0) is 30.3 Å². The van der Waals surface area contributed by atoms with Gasteiger partial charge in [-0.1, -0.05) is 29.8 Å². The highest BCUT2D eigenvalue weighted by Crippen LogP contribution is 2.18. The zero-order valence-corrected chi connectivity index (χ0v) is 16.5. The minimum absolute atomic E-state index is 0.0795. The molecule has 0 unspecified atom stereocenters. The van der Waals surface area contributed by atoms with Gasteiger partial charge in [0.25, 0.3) is 5.56 Å². The van der Waals surface area contributed by atoms with E-state index >= 15 is 0 Å². The van der Waals surface area contributed by atoms with Crippen LogP contribution in [0.4, 0.5) is 5.82 Å². The number of aromatic nitrogens is 3. The monoisotopic (exact) mass is 409 g/mol. The number of anilines is 1. The lowest BCUT2D eigenvalue weighted by Crippen LogP contribution is -2.50.